The molecule has 1 aliphatic rings. The van der Waals surface area contributed by atoms with Gasteiger partial charge in [0.1, 0.15) is 11.4 Å². The van der Waals surface area contributed by atoms with Crippen molar-refractivity contribution in [2.75, 3.05) is 6.54 Å². The quantitative estimate of drug-likeness (QED) is 0.809. The van der Waals surface area contributed by atoms with Crippen LogP contribution >= 0.6 is 27.5 Å². The molecule has 2 amide bonds. The van der Waals surface area contributed by atoms with Gasteiger partial charge in [-0.2, -0.15) is 0 Å². The number of halogens is 2. The summed E-state index contributed by atoms with van der Waals surface area (Å²) >= 11 is 9.20. The van der Waals surface area contributed by atoms with Crippen LogP contribution in [-0.4, -0.2) is 22.9 Å². The Labute approximate surface area is 154 Å². The second-order valence-electron chi connectivity index (χ2n) is 4.94. The van der Waals surface area contributed by atoms with Crippen molar-refractivity contribution in [2.45, 2.75) is 26.9 Å². The van der Waals surface area contributed by atoms with Gasteiger partial charge in [0.05, 0.1) is 0 Å². The third kappa shape index (κ3) is 3.99. The molecule has 2 N–H and O–H groups in total. The summed E-state index contributed by atoms with van der Waals surface area (Å²) in [5, 5.41) is 6.27. The van der Waals surface area contributed by atoms with Gasteiger partial charge in [-0.3, -0.25) is 9.59 Å². The molecule has 0 unspecified atom stereocenters. The third-order valence-electron chi connectivity index (χ3n) is 3.49. The summed E-state index contributed by atoms with van der Waals surface area (Å²) in [7, 11) is 0. The van der Waals surface area contributed by atoms with Gasteiger partial charge in [0.2, 0.25) is 0 Å². The number of nitrogens with zero attached hydrogens (tertiary/aromatic N) is 1. The second-order valence-corrected chi connectivity index (χ2v) is 6.23. The van der Waals surface area contributed by atoms with Crippen LogP contribution in [0.1, 0.15) is 40.4 Å². The first-order valence-corrected chi connectivity index (χ1v) is 8.93. The molecule has 2 heterocycles. The summed E-state index contributed by atoms with van der Waals surface area (Å²) in [5.41, 5.74) is 1.92. The van der Waals surface area contributed by atoms with Gasteiger partial charge in [0.15, 0.2) is 0 Å². The number of rotatable bonds is 3. The van der Waals surface area contributed by atoms with Crippen LogP contribution < -0.4 is 10.6 Å². The van der Waals surface area contributed by atoms with Crippen LogP contribution in [0.4, 0.5) is 0 Å². The van der Waals surface area contributed by atoms with Crippen LogP contribution in [0.3, 0.4) is 0 Å². The van der Waals surface area contributed by atoms with Crippen molar-refractivity contribution in [2.24, 2.45) is 0 Å². The van der Waals surface area contributed by atoms with Gasteiger partial charge in [-0.15, -0.1) is 0 Å². The van der Waals surface area contributed by atoms with Crippen LogP contribution in [0.25, 0.3) is 0 Å². The number of nitrogens with one attached hydrogen (secondary N) is 2. The summed E-state index contributed by atoms with van der Waals surface area (Å²) < 4.78 is 2.35. The summed E-state index contributed by atoms with van der Waals surface area (Å²) in [4.78, 5) is 24.2. The van der Waals surface area contributed by atoms with E-state index in [1.54, 1.807) is 22.8 Å². The predicted octanol–water partition coefficient (Wildman–Crippen LogP) is 3.60. The van der Waals surface area contributed by atoms with Gasteiger partial charge in [-0.25, -0.2) is 0 Å². The number of aromatic nitrogens is 1. The second kappa shape index (κ2) is 8.35. The van der Waals surface area contributed by atoms with Gasteiger partial charge >= 0.3 is 0 Å². The highest BCUT2D eigenvalue weighted by Gasteiger charge is 2.25. The summed E-state index contributed by atoms with van der Waals surface area (Å²) in [6, 6.07) is 8.95. The molecule has 1 aromatic heterocycles. The number of hydrogen-bond donors (Lipinski definition) is 2. The zero-order valence-electron chi connectivity index (χ0n) is 13.5. The average Bonchev–Trinajstić information content (AvgIpc) is 2.93. The Morgan fingerprint density at radius 3 is 2.67 bits per heavy atom. The van der Waals surface area contributed by atoms with Crippen LogP contribution in [0.5, 0.6) is 0 Å². The van der Waals surface area contributed by atoms with Crippen molar-refractivity contribution in [3.63, 3.8) is 0 Å². The topological polar surface area (TPSA) is 63.1 Å². The van der Waals surface area contributed by atoms with E-state index in [-0.39, 0.29) is 11.8 Å². The molecule has 0 saturated carbocycles. The minimum atomic E-state index is -0.220. The number of hydrogen-bond acceptors (Lipinski definition) is 2. The predicted molar refractivity (Wildman–Crippen MR) is 98.4 cm³/mol. The fraction of sp³-hybridized carbons (Fsp3) is 0.294. The normalized spacial score (nSPS) is 12.6. The molecule has 3 rings (SSSR count). The molecule has 5 nitrogen and oxygen atoms in total. The van der Waals surface area contributed by atoms with Crippen molar-refractivity contribution in [1.82, 2.24) is 15.2 Å². The van der Waals surface area contributed by atoms with E-state index >= 15 is 0 Å². The summed E-state index contributed by atoms with van der Waals surface area (Å²) in [6.07, 6.45) is 0. The Morgan fingerprint density at radius 1 is 1.33 bits per heavy atom. The largest absolute Gasteiger partial charge is 0.349 e. The van der Waals surface area contributed by atoms with Gasteiger partial charge in [0, 0.05) is 29.1 Å². The smallest absolute Gasteiger partial charge is 0.269 e. The Bertz CT molecular complexity index is 741. The molecule has 0 fully saturated rings. The molecular formula is C17H19BrClN3O2. The lowest BCUT2D eigenvalue weighted by atomic mass is 10.2. The molecule has 0 radical (unpaired) electrons. The molecule has 0 aliphatic carbocycles. The van der Waals surface area contributed by atoms with Crippen molar-refractivity contribution < 1.29 is 9.59 Å². The van der Waals surface area contributed by atoms with E-state index in [0.29, 0.717) is 40.5 Å². The fourth-order valence-corrected chi connectivity index (χ4v) is 3.14. The number of benzene rings is 1. The van der Waals surface area contributed by atoms with E-state index in [4.69, 9.17) is 11.6 Å². The maximum atomic E-state index is 12.4. The first kappa shape index (κ1) is 18.5. The van der Waals surface area contributed by atoms with Gasteiger partial charge < -0.3 is 15.2 Å². The minimum absolute atomic E-state index is 0.163. The van der Waals surface area contributed by atoms with E-state index in [1.807, 2.05) is 26.0 Å². The molecule has 2 aromatic rings. The third-order valence-corrected chi connectivity index (χ3v) is 4.34. The van der Waals surface area contributed by atoms with Gasteiger partial charge in [-0.05, 0) is 39.7 Å². The zero-order valence-corrected chi connectivity index (χ0v) is 15.9. The van der Waals surface area contributed by atoms with Crippen molar-refractivity contribution in [1.29, 1.82) is 0 Å². The molecule has 1 aromatic carbocycles. The van der Waals surface area contributed by atoms with Crippen molar-refractivity contribution >= 4 is 39.3 Å². The van der Waals surface area contributed by atoms with E-state index < -0.39 is 0 Å². The van der Waals surface area contributed by atoms with Crippen LogP contribution in [0, 0.1) is 0 Å². The Balaban J connectivity index is 0.00000100. The Hall–Kier alpha value is -1.79. The maximum Gasteiger partial charge on any atom is 0.269 e. The molecular weight excluding hydrogens is 394 g/mol. The highest BCUT2D eigenvalue weighted by Crippen LogP contribution is 2.24. The summed E-state index contributed by atoms with van der Waals surface area (Å²) in [6.45, 7) is 5.50. The highest BCUT2D eigenvalue weighted by molar-refractivity contribution is 9.10. The Kier molecular flexibility index (Phi) is 6.45. The molecule has 0 saturated heterocycles. The standard InChI is InChI=1S/C15H13BrClN3O2.C2H6/c16-11-7-12-14(21)18-5-6-20(12)13(11)15(22)19-8-9-1-3-10(17)4-2-9;1-2/h1-4,7H,5-6,8H2,(H,18,21)(H,19,22);1-2H3. The van der Waals surface area contributed by atoms with Crippen LogP contribution in [0.2, 0.25) is 5.02 Å². The van der Waals surface area contributed by atoms with E-state index in [9.17, 15) is 9.59 Å². The first-order valence-electron chi connectivity index (χ1n) is 7.76. The van der Waals surface area contributed by atoms with Crippen LogP contribution in [0.15, 0.2) is 34.8 Å². The Morgan fingerprint density at radius 2 is 2.00 bits per heavy atom. The van der Waals surface area contributed by atoms with E-state index in [1.165, 1.54) is 0 Å². The van der Waals surface area contributed by atoms with Gasteiger partial charge in [0.25, 0.3) is 11.8 Å². The number of amides is 2. The number of carbonyl (C=O) groups is 2. The SMILES string of the molecule is CC.O=C1NCCn2c1cc(Br)c2C(=O)NCc1ccc(Cl)cc1. The lowest BCUT2D eigenvalue weighted by molar-refractivity contribution is 0.0919. The fourth-order valence-electron chi connectivity index (χ4n) is 2.41. The lowest BCUT2D eigenvalue weighted by Gasteiger charge is -2.18. The molecule has 0 atom stereocenters. The monoisotopic (exact) mass is 411 g/mol. The van der Waals surface area contributed by atoms with Crippen LogP contribution in [-0.2, 0) is 13.1 Å². The average molecular weight is 413 g/mol. The zero-order chi connectivity index (χ0) is 17.7. The van der Waals surface area contributed by atoms with E-state index in [2.05, 4.69) is 26.6 Å². The first-order chi connectivity index (χ1) is 11.6. The molecule has 128 valence electrons. The minimum Gasteiger partial charge on any atom is -0.349 e. The van der Waals surface area contributed by atoms with Crippen molar-refractivity contribution in [3.8, 4) is 0 Å². The van der Waals surface area contributed by atoms with Gasteiger partial charge in [-0.1, -0.05) is 37.6 Å². The highest BCUT2D eigenvalue weighted by atomic mass is 79.9. The lowest BCUT2D eigenvalue weighted by Crippen LogP contribution is -2.37. The van der Waals surface area contributed by atoms with E-state index in [0.717, 1.165) is 5.56 Å². The molecule has 0 spiro atoms. The maximum absolute atomic E-state index is 12.4. The molecule has 24 heavy (non-hydrogen) atoms. The molecule has 0 bridgehead atoms. The summed E-state index contributed by atoms with van der Waals surface area (Å²) in [5.74, 6) is -0.383. The number of carbonyl (C=O) groups excluding carboxylic acids is 2. The van der Waals surface area contributed by atoms with Crippen molar-refractivity contribution in [3.05, 3.63) is 56.8 Å². The molecule has 7 heteroatoms. The number of fused-ring (bicyclic) bond motifs is 1. The molecule has 1 aliphatic heterocycles.